The van der Waals surface area contributed by atoms with E-state index in [1.807, 2.05) is 12.1 Å². The van der Waals surface area contributed by atoms with Crippen molar-refractivity contribution in [1.82, 2.24) is 14.9 Å². The molecule has 0 unspecified atom stereocenters. The van der Waals surface area contributed by atoms with E-state index >= 15 is 0 Å². The molecule has 0 amide bonds. The molecule has 1 heterocycles. The van der Waals surface area contributed by atoms with Crippen molar-refractivity contribution in [3.05, 3.63) is 29.8 Å². The molecule has 0 radical (unpaired) electrons. The van der Waals surface area contributed by atoms with Gasteiger partial charge in [0.15, 0.2) is 5.96 Å². The van der Waals surface area contributed by atoms with Gasteiger partial charge in [-0.1, -0.05) is 12.1 Å². The number of nitrogens with zero attached hydrogens (tertiary/aromatic N) is 2. The van der Waals surface area contributed by atoms with Crippen LogP contribution in [0, 0.1) is 5.92 Å². The molecule has 1 aromatic rings. The number of ether oxygens (including phenoxy) is 1. The van der Waals surface area contributed by atoms with E-state index in [2.05, 4.69) is 28.9 Å². The van der Waals surface area contributed by atoms with Gasteiger partial charge in [0.05, 0.1) is 11.4 Å². The van der Waals surface area contributed by atoms with Crippen molar-refractivity contribution >= 4 is 40.0 Å². The van der Waals surface area contributed by atoms with Crippen molar-refractivity contribution < 1.29 is 13.2 Å². The number of rotatable bonds is 9. The molecule has 1 saturated carbocycles. The molecule has 170 valence electrons. The van der Waals surface area contributed by atoms with Gasteiger partial charge in [-0.25, -0.2) is 18.1 Å². The quantitative estimate of drug-likeness (QED) is 0.281. The summed E-state index contributed by atoms with van der Waals surface area (Å²) >= 11 is 0. The Hall–Kier alpha value is -0.910. The van der Waals surface area contributed by atoms with Crippen molar-refractivity contribution in [2.75, 3.05) is 33.4 Å². The number of hydrogen-bond acceptors (Lipinski definition) is 4. The predicted molar refractivity (Wildman–Crippen MR) is 131 cm³/mol. The number of benzene rings is 1. The van der Waals surface area contributed by atoms with Crippen LogP contribution in [-0.4, -0.2) is 58.7 Å². The van der Waals surface area contributed by atoms with Gasteiger partial charge in [-0.15, -0.1) is 24.0 Å². The first kappa shape index (κ1) is 25.4. The molecule has 0 spiro atoms. The average molecular weight is 551 g/mol. The zero-order valence-electron chi connectivity index (χ0n) is 18.0. The van der Waals surface area contributed by atoms with Crippen LogP contribution in [0.15, 0.2) is 34.2 Å². The molecule has 1 aliphatic carbocycles. The molecule has 2 aliphatic rings. The smallest absolute Gasteiger partial charge is 0.240 e. The summed E-state index contributed by atoms with van der Waals surface area (Å²) < 4.78 is 32.7. The molecule has 1 aromatic carbocycles. The molecule has 30 heavy (non-hydrogen) atoms. The second-order valence-corrected chi connectivity index (χ2v) is 9.69. The van der Waals surface area contributed by atoms with Crippen LogP contribution >= 0.6 is 24.0 Å². The predicted octanol–water partition coefficient (Wildman–Crippen LogP) is 2.96. The molecule has 3 rings (SSSR count). The SMILES string of the molecule is CCNC(=NCc1ccc(S(=O)(=O)NC2CC2)cc1)N(C)CCC1CCOCC1.I. The van der Waals surface area contributed by atoms with Crippen LogP contribution in [0.2, 0.25) is 0 Å². The first-order valence-corrected chi connectivity index (χ1v) is 12.1. The lowest BCUT2D eigenvalue weighted by Gasteiger charge is -2.26. The molecule has 9 heteroatoms. The minimum Gasteiger partial charge on any atom is -0.381 e. The highest BCUT2D eigenvalue weighted by Gasteiger charge is 2.27. The molecule has 7 nitrogen and oxygen atoms in total. The van der Waals surface area contributed by atoms with Crippen LogP contribution in [0.4, 0.5) is 0 Å². The average Bonchev–Trinajstić information content (AvgIpc) is 3.53. The normalized spacial score (nSPS) is 18.0. The highest BCUT2D eigenvalue weighted by molar-refractivity contribution is 14.0. The van der Waals surface area contributed by atoms with E-state index in [1.54, 1.807) is 12.1 Å². The molecular formula is C21H35IN4O3S. The Labute approximate surface area is 198 Å². The molecule has 2 fully saturated rings. The first-order valence-electron chi connectivity index (χ1n) is 10.7. The maximum atomic E-state index is 12.3. The maximum Gasteiger partial charge on any atom is 0.240 e. The van der Waals surface area contributed by atoms with Gasteiger partial charge in [0.2, 0.25) is 10.0 Å². The lowest BCUT2D eigenvalue weighted by Crippen LogP contribution is -2.40. The number of nitrogens with one attached hydrogen (secondary N) is 2. The Morgan fingerprint density at radius 1 is 1.17 bits per heavy atom. The van der Waals surface area contributed by atoms with E-state index in [-0.39, 0.29) is 30.0 Å². The standard InChI is InChI=1S/C21H34N4O3S.HI/c1-3-22-21(25(2)13-10-17-11-14-28-15-12-17)23-16-18-4-8-20(9-5-18)29(26,27)24-19-6-7-19;/h4-5,8-9,17,19,24H,3,6-7,10-16H2,1-2H3,(H,22,23);1H. The van der Waals surface area contributed by atoms with Crippen molar-refractivity contribution in [2.45, 2.75) is 56.5 Å². The molecule has 2 N–H and O–H groups in total. The summed E-state index contributed by atoms with van der Waals surface area (Å²) in [7, 11) is -1.33. The van der Waals surface area contributed by atoms with Gasteiger partial charge in [-0.05, 0) is 62.6 Å². The summed E-state index contributed by atoms with van der Waals surface area (Å²) in [6, 6.07) is 7.13. The number of aliphatic imine (C=N–C) groups is 1. The number of hydrogen-bond donors (Lipinski definition) is 2. The van der Waals surface area contributed by atoms with Gasteiger partial charge in [0.1, 0.15) is 0 Å². The molecule has 0 bridgehead atoms. The van der Waals surface area contributed by atoms with Gasteiger partial charge < -0.3 is 15.0 Å². The van der Waals surface area contributed by atoms with Crippen LogP contribution in [-0.2, 0) is 21.3 Å². The van der Waals surface area contributed by atoms with Crippen LogP contribution in [0.3, 0.4) is 0 Å². The monoisotopic (exact) mass is 550 g/mol. The minimum atomic E-state index is -3.40. The molecule has 0 aromatic heterocycles. The van der Waals surface area contributed by atoms with Crippen molar-refractivity contribution in [3.8, 4) is 0 Å². The van der Waals surface area contributed by atoms with E-state index in [0.29, 0.717) is 11.4 Å². The summed E-state index contributed by atoms with van der Waals surface area (Å²) in [5.41, 5.74) is 0.989. The zero-order chi connectivity index (χ0) is 20.7. The van der Waals surface area contributed by atoms with Crippen LogP contribution in [0.1, 0.15) is 44.6 Å². The van der Waals surface area contributed by atoms with Crippen LogP contribution in [0.25, 0.3) is 0 Å². The third-order valence-electron chi connectivity index (χ3n) is 5.45. The Kier molecular flexibility index (Phi) is 10.3. The van der Waals surface area contributed by atoms with Crippen LogP contribution < -0.4 is 10.0 Å². The summed E-state index contributed by atoms with van der Waals surface area (Å²) in [6.07, 6.45) is 5.30. The third kappa shape index (κ3) is 7.97. The Morgan fingerprint density at radius 3 is 2.43 bits per heavy atom. The summed E-state index contributed by atoms with van der Waals surface area (Å²) in [5.74, 6) is 1.61. The fraction of sp³-hybridized carbons (Fsp3) is 0.667. The summed E-state index contributed by atoms with van der Waals surface area (Å²) in [5, 5.41) is 3.35. The van der Waals surface area contributed by atoms with Gasteiger partial charge in [-0.2, -0.15) is 0 Å². The maximum absolute atomic E-state index is 12.3. The second kappa shape index (κ2) is 12.2. The number of guanidine groups is 1. The molecule has 1 saturated heterocycles. The Morgan fingerprint density at radius 2 is 1.83 bits per heavy atom. The van der Waals surface area contributed by atoms with E-state index in [0.717, 1.165) is 75.8 Å². The third-order valence-corrected chi connectivity index (χ3v) is 6.99. The Balaban J connectivity index is 0.00000320. The highest BCUT2D eigenvalue weighted by Crippen LogP contribution is 2.22. The second-order valence-electron chi connectivity index (χ2n) is 7.98. The van der Waals surface area contributed by atoms with Crippen molar-refractivity contribution in [3.63, 3.8) is 0 Å². The van der Waals surface area contributed by atoms with Gasteiger partial charge in [0, 0.05) is 39.4 Å². The zero-order valence-corrected chi connectivity index (χ0v) is 21.1. The summed E-state index contributed by atoms with van der Waals surface area (Å²) in [4.78, 5) is 7.23. The highest BCUT2D eigenvalue weighted by atomic mass is 127. The van der Waals surface area contributed by atoms with E-state index < -0.39 is 10.0 Å². The van der Waals surface area contributed by atoms with Crippen molar-refractivity contribution in [2.24, 2.45) is 10.9 Å². The fourth-order valence-corrected chi connectivity index (χ4v) is 4.72. The molecular weight excluding hydrogens is 515 g/mol. The number of halogens is 1. The van der Waals surface area contributed by atoms with E-state index in [1.165, 1.54) is 0 Å². The summed E-state index contributed by atoms with van der Waals surface area (Å²) in [6.45, 7) is 6.11. The van der Waals surface area contributed by atoms with E-state index in [4.69, 9.17) is 9.73 Å². The van der Waals surface area contributed by atoms with Gasteiger partial charge in [-0.3, -0.25) is 0 Å². The van der Waals surface area contributed by atoms with E-state index in [9.17, 15) is 8.42 Å². The largest absolute Gasteiger partial charge is 0.381 e. The Bertz CT molecular complexity index is 776. The first-order chi connectivity index (χ1) is 14.0. The molecule has 0 atom stereocenters. The lowest BCUT2D eigenvalue weighted by atomic mass is 9.96. The van der Waals surface area contributed by atoms with Crippen molar-refractivity contribution in [1.29, 1.82) is 0 Å². The topological polar surface area (TPSA) is 83.0 Å². The number of sulfonamides is 1. The lowest BCUT2D eigenvalue weighted by molar-refractivity contribution is 0.0625. The van der Waals surface area contributed by atoms with Gasteiger partial charge >= 0.3 is 0 Å². The van der Waals surface area contributed by atoms with Gasteiger partial charge in [0.25, 0.3) is 0 Å². The fourth-order valence-electron chi connectivity index (χ4n) is 3.42. The molecule has 1 aliphatic heterocycles. The minimum absolute atomic E-state index is 0. The van der Waals surface area contributed by atoms with Crippen LogP contribution in [0.5, 0.6) is 0 Å².